The molecule has 0 saturated carbocycles. The first-order valence-corrected chi connectivity index (χ1v) is 6.32. The van der Waals surface area contributed by atoms with Gasteiger partial charge in [-0.25, -0.2) is 0 Å². The molecule has 2 aromatic rings. The Morgan fingerprint density at radius 2 is 2.16 bits per heavy atom. The lowest BCUT2D eigenvalue weighted by molar-refractivity contribution is -0.115. The number of carbonyl (C=O) groups is 1. The van der Waals surface area contributed by atoms with E-state index in [1.807, 2.05) is 0 Å². The smallest absolute Gasteiger partial charge is 0.230 e. The number of amides is 1. The fourth-order valence-corrected chi connectivity index (χ4v) is 1.87. The zero-order valence-electron chi connectivity index (χ0n) is 9.93. The van der Waals surface area contributed by atoms with Gasteiger partial charge in [-0.1, -0.05) is 15.9 Å². The minimum Gasteiger partial charge on any atom is -0.506 e. The normalized spacial score (nSPS) is 10.2. The second-order valence-electron chi connectivity index (χ2n) is 3.97. The maximum Gasteiger partial charge on any atom is 0.230 e. The molecule has 0 spiro atoms. The van der Waals surface area contributed by atoms with E-state index in [-0.39, 0.29) is 18.1 Å². The van der Waals surface area contributed by atoms with Crippen LogP contribution in [0.25, 0.3) is 0 Å². The Hall–Kier alpha value is -2.08. The number of nitrogens with two attached hydrogens (primary N) is 1. The van der Waals surface area contributed by atoms with Gasteiger partial charge >= 0.3 is 0 Å². The van der Waals surface area contributed by atoms with Crippen molar-refractivity contribution in [2.75, 3.05) is 11.1 Å². The summed E-state index contributed by atoms with van der Waals surface area (Å²) in [5, 5.41) is 12.2. The Bertz CT molecular complexity index is 599. The molecule has 1 aromatic heterocycles. The number of nitrogen functional groups attached to an aromatic ring is 1. The third kappa shape index (κ3) is 3.69. The van der Waals surface area contributed by atoms with E-state index in [4.69, 9.17) is 5.73 Å². The van der Waals surface area contributed by atoms with Crippen LogP contribution in [0.15, 0.2) is 41.0 Å². The molecule has 0 saturated heterocycles. The van der Waals surface area contributed by atoms with Gasteiger partial charge in [-0.2, -0.15) is 0 Å². The summed E-state index contributed by atoms with van der Waals surface area (Å²) in [4.78, 5) is 15.9. The molecule has 0 atom stereocenters. The van der Waals surface area contributed by atoms with E-state index in [2.05, 4.69) is 26.2 Å². The van der Waals surface area contributed by atoms with Gasteiger partial charge in [0.05, 0.1) is 24.0 Å². The molecule has 0 bridgehead atoms. The molecule has 1 aromatic carbocycles. The Morgan fingerprint density at radius 3 is 2.84 bits per heavy atom. The van der Waals surface area contributed by atoms with Gasteiger partial charge in [-0.05, 0) is 30.3 Å². The molecule has 98 valence electrons. The third-order valence-electron chi connectivity index (χ3n) is 2.42. The molecule has 0 unspecified atom stereocenters. The summed E-state index contributed by atoms with van der Waals surface area (Å²) in [6.07, 6.45) is 1.62. The van der Waals surface area contributed by atoms with Gasteiger partial charge in [0.15, 0.2) is 0 Å². The number of benzene rings is 1. The number of carbonyl (C=O) groups excluding carboxylic acids is 1. The maximum atomic E-state index is 11.8. The summed E-state index contributed by atoms with van der Waals surface area (Å²) >= 11 is 3.27. The highest BCUT2D eigenvalue weighted by atomic mass is 79.9. The quantitative estimate of drug-likeness (QED) is 0.757. The van der Waals surface area contributed by atoms with Gasteiger partial charge in [0.2, 0.25) is 5.91 Å². The molecule has 4 N–H and O–H groups in total. The van der Waals surface area contributed by atoms with Crippen molar-refractivity contribution in [2.24, 2.45) is 0 Å². The zero-order valence-corrected chi connectivity index (χ0v) is 11.5. The third-order valence-corrected chi connectivity index (χ3v) is 2.92. The van der Waals surface area contributed by atoms with E-state index in [1.54, 1.807) is 24.3 Å². The molecule has 0 aliphatic carbocycles. The lowest BCUT2D eigenvalue weighted by atomic mass is 10.2. The van der Waals surface area contributed by atoms with Crippen LogP contribution in [0.5, 0.6) is 5.75 Å². The number of aromatic hydroxyl groups is 1. The summed E-state index contributed by atoms with van der Waals surface area (Å²) in [7, 11) is 0. The van der Waals surface area contributed by atoms with E-state index >= 15 is 0 Å². The number of hydrogen-bond acceptors (Lipinski definition) is 4. The van der Waals surface area contributed by atoms with E-state index in [0.29, 0.717) is 17.1 Å². The van der Waals surface area contributed by atoms with Crippen molar-refractivity contribution in [3.05, 3.63) is 46.7 Å². The highest BCUT2D eigenvalue weighted by molar-refractivity contribution is 9.10. The van der Waals surface area contributed by atoms with E-state index in [9.17, 15) is 9.90 Å². The molecular formula is C13H12BrN3O2. The van der Waals surface area contributed by atoms with Gasteiger partial charge in [0, 0.05) is 10.2 Å². The van der Waals surface area contributed by atoms with Crippen LogP contribution in [0.2, 0.25) is 0 Å². The maximum absolute atomic E-state index is 11.8. The molecule has 19 heavy (non-hydrogen) atoms. The molecule has 0 radical (unpaired) electrons. The number of nitrogens with zero attached hydrogens (tertiary/aromatic N) is 1. The van der Waals surface area contributed by atoms with Crippen molar-refractivity contribution in [3.8, 4) is 5.75 Å². The van der Waals surface area contributed by atoms with Crippen LogP contribution in [0.3, 0.4) is 0 Å². The fraction of sp³-hybridized carbons (Fsp3) is 0.0769. The summed E-state index contributed by atoms with van der Waals surface area (Å²) in [6, 6.07) is 8.19. The first kappa shape index (κ1) is 13.4. The van der Waals surface area contributed by atoms with Gasteiger partial charge in [-0.3, -0.25) is 9.78 Å². The van der Waals surface area contributed by atoms with Gasteiger partial charge in [0.25, 0.3) is 0 Å². The number of rotatable bonds is 3. The summed E-state index contributed by atoms with van der Waals surface area (Å²) < 4.78 is 0.770. The van der Waals surface area contributed by atoms with Crippen LogP contribution in [0, 0.1) is 0 Å². The van der Waals surface area contributed by atoms with Crippen molar-refractivity contribution in [2.45, 2.75) is 6.42 Å². The first-order chi connectivity index (χ1) is 9.04. The number of anilines is 2. The molecular weight excluding hydrogens is 310 g/mol. The van der Waals surface area contributed by atoms with Crippen molar-refractivity contribution in [1.29, 1.82) is 0 Å². The summed E-state index contributed by atoms with van der Waals surface area (Å²) in [6.45, 7) is 0. The minimum atomic E-state index is -0.259. The fourth-order valence-electron chi connectivity index (χ4n) is 1.51. The molecule has 2 rings (SSSR count). The number of hydrogen-bond donors (Lipinski definition) is 3. The van der Waals surface area contributed by atoms with Crippen LogP contribution < -0.4 is 11.1 Å². The van der Waals surface area contributed by atoms with Gasteiger partial charge in [0.1, 0.15) is 5.75 Å². The van der Waals surface area contributed by atoms with Crippen LogP contribution >= 0.6 is 15.9 Å². The summed E-state index contributed by atoms with van der Waals surface area (Å²) in [5.41, 5.74) is 7.03. The van der Waals surface area contributed by atoms with Crippen molar-refractivity contribution < 1.29 is 9.90 Å². The van der Waals surface area contributed by atoms with Crippen LogP contribution in [-0.2, 0) is 11.2 Å². The largest absolute Gasteiger partial charge is 0.506 e. The van der Waals surface area contributed by atoms with E-state index in [1.165, 1.54) is 12.3 Å². The number of phenols is 1. The van der Waals surface area contributed by atoms with Gasteiger partial charge in [-0.15, -0.1) is 0 Å². The molecule has 1 heterocycles. The van der Waals surface area contributed by atoms with E-state index in [0.717, 1.165) is 4.47 Å². The number of nitrogens with one attached hydrogen (secondary N) is 1. The SMILES string of the molecule is Nc1ccc(CC(=O)Nc2cc(Br)ccc2O)nc1. The number of phenolic OH excluding ortho intramolecular Hbond substituents is 1. The Morgan fingerprint density at radius 1 is 1.37 bits per heavy atom. The highest BCUT2D eigenvalue weighted by Gasteiger charge is 2.08. The number of aromatic nitrogens is 1. The molecule has 1 amide bonds. The summed E-state index contributed by atoms with van der Waals surface area (Å²) in [5.74, 6) is -0.243. The zero-order chi connectivity index (χ0) is 13.8. The van der Waals surface area contributed by atoms with Crippen LogP contribution in [0.1, 0.15) is 5.69 Å². The molecule has 6 heteroatoms. The molecule has 0 fully saturated rings. The van der Waals surface area contributed by atoms with E-state index < -0.39 is 0 Å². The number of pyridine rings is 1. The Balaban J connectivity index is 2.05. The standard InChI is InChI=1S/C13H12BrN3O2/c14-8-1-4-12(18)11(5-8)17-13(19)6-10-3-2-9(15)7-16-10/h1-5,7,18H,6,15H2,(H,17,19). The monoisotopic (exact) mass is 321 g/mol. The van der Waals surface area contributed by atoms with Crippen molar-refractivity contribution >= 4 is 33.2 Å². The second kappa shape index (κ2) is 5.71. The minimum absolute atomic E-state index is 0.0156. The topological polar surface area (TPSA) is 88.2 Å². The lowest BCUT2D eigenvalue weighted by Crippen LogP contribution is -2.15. The second-order valence-corrected chi connectivity index (χ2v) is 4.88. The molecule has 0 aliphatic heterocycles. The Labute approximate surface area is 118 Å². The van der Waals surface area contributed by atoms with Crippen LogP contribution in [-0.4, -0.2) is 16.0 Å². The van der Waals surface area contributed by atoms with Crippen LogP contribution in [0.4, 0.5) is 11.4 Å². The first-order valence-electron chi connectivity index (χ1n) is 5.53. The predicted octanol–water partition coefficient (Wildman–Crippen LogP) is 2.31. The predicted molar refractivity (Wildman–Crippen MR) is 76.8 cm³/mol. The molecule has 0 aliphatic rings. The Kier molecular flexibility index (Phi) is 4.01. The van der Waals surface area contributed by atoms with Gasteiger partial charge < -0.3 is 16.2 Å². The average molecular weight is 322 g/mol. The average Bonchev–Trinajstić information content (AvgIpc) is 2.37. The highest BCUT2D eigenvalue weighted by Crippen LogP contribution is 2.26. The van der Waals surface area contributed by atoms with Crippen molar-refractivity contribution in [3.63, 3.8) is 0 Å². The number of halogens is 1. The lowest BCUT2D eigenvalue weighted by Gasteiger charge is -2.07. The van der Waals surface area contributed by atoms with Crippen molar-refractivity contribution in [1.82, 2.24) is 4.98 Å². The molecule has 5 nitrogen and oxygen atoms in total.